The van der Waals surface area contributed by atoms with Gasteiger partial charge >= 0.3 is 0 Å². The van der Waals surface area contributed by atoms with Crippen LogP contribution in [0.2, 0.25) is 0 Å². The fourth-order valence-electron chi connectivity index (χ4n) is 3.90. The Morgan fingerprint density at radius 1 is 0.871 bits per heavy atom. The van der Waals surface area contributed by atoms with Crippen molar-refractivity contribution >= 4 is 15.9 Å². The normalized spacial score (nSPS) is 15.5. The number of benzene rings is 3. The van der Waals surface area contributed by atoms with Crippen LogP contribution >= 0.6 is 0 Å². The third-order valence-corrected chi connectivity index (χ3v) is 7.48. The van der Waals surface area contributed by atoms with Gasteiger partial charge in [0.25, 0.3) is 5.91 Å². The molecule has 1 atom stereocenters. The maximum atomic E-state index is 13.1. The molecule has 5 nitrogen and oxygen atoms in total. The van der Waals surface area contributed by atoms with Crippen molar-refractivity contribution in [1.29, 1.82) is 0 Å². The summed E-state index contributed by atoms with van der Waals surface area (Å²) < 4.78 is 27.3. The lowest BCUT2D eigenvalue weighted by Gasteiger charge is -2.20. The minimum atomic E-state index is -3.57. The largest absolute Gasteiger partial charge is 0.345 e. The van der Waals surface area contributed by atoms with E-state index in [9.17, 15) is 13.2 Å². The molecule has 1 aliphatic heterocycles. The first-order valence-corrected chi connectivity index (χ1v) is 12.0. The summed E-state index contributed by atoms with van der Waals surface area (Å²) in [5, 5.41) is 3.10. The Kier molecular flexibility index (Phi) is 6.49. The molecule has 1 fully saturated rings. The van der Waals surface area contributed by atoms with Crippen LogP contribution < -0.4 is 5.32 Å². The molecule has 0 radical (unpaired) electrons. The zero-order chi connectivity index (χ0) is 21.7. The Hall–Kier alpha value is -2.96. The molecule has 1 amide bonds. The topological polar surface area (TPSA) is 66.5 Å². The van der Waals surface area contributed by atoms with Gasteiger partial charge in [0.2, 0.25) is 10.0 Å². The summed E-state index contributed by atoms with van der Waals surface area (Å²) in [6, 6.07) is 25.9. The molecule has 4 rings (SSSR count). The number of hydrogen-bond acceptors (Lipinski definition) is 3. The van der Waals surface area contributed by atoms with Crippen molar-refractivity contribution in [3.63, 3.8) is 0 Å². The zero-order valence-corrected chi connectivity index (χ0v) is 18.1. The predicted octanol–water partition coefficient (Wildman–Crippen LogP) is 4.18. The zero-order valence-electron chi connectivity index (χ0n) is 17.3. The highest BCUT2D eigenvalue weighted by Gasteiger charge is 2.28. The van der Waals surface area contributed by atoms with Gasteiger partial charge in [0, 0.05) is 18.7 Å². The van der Waals surface area contributed by atoms with Crippen molar-refractivity contribution in [2.24, 2.45) is 0 Å². The molecule has 1 aliphatic rings. The molecular formula is C25H26N2O3S. The third-order valence-electron chi connectivity index (χ3n) is 5.59. The predicted molar refractivity (Wildman–Crippen MR) is 121 cm³/mol. The van der Waals surface area contributed by atoms with Crippen molar-refractivity contribution < 1.29 is 13.2 Å². The van der Waals surface area contributed by atoms with Crippen LogP contribution in [0.4, 0.5) is 0 Å². The van der Waals surface area contributed by atoms with Crippen LogP contribution in [0.15, 0.2) is 89.8 Å². The number of nitrogens with zero attached hydrogens (tertiary/aromatic N) is 1. The van der Waals surface area contributed by atoms with Gasteiger partial charge in [-0.05, 0) is 48.6 Å². The molecular weight excluding hydrogens is 408 g/mol. The highest BCUT2D eigenvalue weighted by atomic mass is 32.2. The molecule has 0 spiro atoms. The van der Waals surface area contributed by atoms with Gasteiger partial charge in [0.05, 0.1) is 10.9 Å². The Morgan fingerprint density at radius 3 is 2.19 bits per heavy atom. The number of nitrogens with one attached hydrogen (secondary N) is 1. The number of amides is 1. The molecule has 31 heavy (non-hydrogen) atoms. The van der Waals surface area contributed by atoms with Gasteiger partial charge in [-0.15, -0.1) is 0 Å². The van der Waals surface area contributed by atoms with Crippen molar-refractivity contribution in [2.75, 3.05) is 13.1 Å². The van der Waals surface area contributed by atoms with Crippen LogP contribution in [0.3, 0.4) is 0 Å². The summed E-state index contributed by atoms with van der Waals surface area (Å²) in [6.07, 6.45) is 2.39. The molecule has 0 bridgehead atoms. The first kappa shape index (κ1) is 21.3. The molecule has 0 aromatic heterocycles. The Balaban J connectivity index is 1.57. The van der Waals surface area contributed by atoms with E-state index in [0.29, 0.717) is 25.1 Å². The lowest BCUT2D eigenvalue weighted by molar-refractivity contribution is 0.0936. The molecule has 1 heterocycles. The molecule has 0 unspecified atom stereocenters. The van der Waals surface area contributed by atoms with Crippen LogP contribution in [0, 0.1) is 0 Å². The van der Waals surface area contributed by atoms with Crippen molar-refractivity contribution in [1.82, 2.24) is 9.62 Å². The SMILES string of the molecule is O=C(N[C@@H](Cc1ccccc1)c1ccccc1)c1cccc(S(=O)(=O)N2CCCC2)c1. The number of sulfonamides is 1. The molecule has 3 aromatic carbocycles. The van der Waals surface area contributed by atoms with Crippen LogP contribution in [0.1, 0.15) is 40.4 Å². The lowest BCUT2D eigenvalue weighted by Crippen LogP contribution is -2.31. The van der Waals surface area contributed by atoms with Gasteiger partial charge in [0.1, 0.15) is 0 Å². The summed E-state index contributed by atoms with van der Waals surface area (Å²) in [6.45, 7) is 1.07. The van der Waals surface area contributed by atoms with Gasteiger partial charge in [-0.2, -0.15) is 4.31 Å². The minimum Gasteiger partial charge on any atom is -0.345 e. The van der Waals surface area contributed by atoms with Gasteiger partial charge in [-0.1, -0.05) is 66.7 Å². The second-order valence-electron chi connectivity index (χ2n) is 7.77. The van der Waals surface area contributed by atoms with Crippen LogP contribution in [0.5, 0.6) is 0 Å². The number of carbonyl (C=O) groups excluding carboxylic acids is 1. The summed E-state index contributed by atoms with van der Waals surface area (Å²) in [5.41, 5.74) is 2.46. The first-order valence-electron chi connectivity index (χ1n) is 10.5. The van der Waals surface area contributed by atoms with Crippen molar-refractivity contribution in [3.05, 3.63) is 102 Å². The number of rotatable bonds is 7. The second kappa shape index (κ2) is 9.45. The van der Waals surface area contributed by atoms with E-state index >= 15 is 0 Å². The first-order chi connectivity index (χ1) is 15.0. The number of carbonyl (C=O) groups is 1. The molecule has 3 aromatic rings. The maximum Gasteiger partial charge on any atom is 0.251 e. The Morgan fingerprint density at radius 2 is 1.52 bits per heavy atom. The van der Waals surface area contributed by atoms with Gasteiger partial charge in [-0.25, -0.2) is 8.42 Å². The Bertz CT molecular complexity index is 1130. The molecule has 1 N–H and O–H groups in total. The summed E-state index contributed by atoms with van der Waals surface area (Å²) >= 11 is 0. The van der Waals surface area contributed by atoms with Gasteiger partial charge in [0.15, 0.2) is 0 Å². The average Bonchev–Trinajstić information content (AvgIpc) is 3.36. The van der Waals surface area contributed by atoms with Crippen LogP contribution in [0.25, 0.3) is 0 Å². The van der Waals surface area contributed by atoms with E-state index in [0.717, 1.165) is 24.0 Å². The second-order valence-corrected chi connectivity index (χ2v) is 9.70. The van der Waals surface area contributed by atoms with Gasteiger partial charge < -0.3 is 5.32 Å². The standard InChI is InChI=1S/C25H26N2O3S/c28-25(22-14-9-15-23(19-22)31(29,30)27-16-7-8-17-27)26-24(21-12-5-2-6-13-21)18-20-10-3-1-4-11-20/h1-6,9-15,19,24H,7-8,16-18H2,(H,26,28)/t24-/m0/s1. The summed E-state index contributed by atoms with van der Waals surface area (Å²) in [5.74, 6) is -0.289. The molecule has 0 aliphatic carbocycles. The van der Waals surface area contributed by atoms with Gasteiger partial charge in [-0.3, -0.25) is 4.79 Å². The van der Waals surface area contributed by atoms with E-state index < -0.39 is 10.0 Å². The van der Waals surface area contributed by atoms with E-state index in [-0.39, 0.29) is 16.8 Å². The van der Waals surface area contributed by atoms with E-state index in [1.807, 2.05) is 60.7 Å². The smallest absolute Gasteiger partial charge is 0.251 e. The van der Waals surface area contributed by atoms with Crippen LogP contribution in [-0.4, -0.2) is 31.7 Å². The fourth-order valence-corrected chi connectivity index (χ4v) is 5.47. The monoisotopic (exact) mass is 434 g/mol. The van der Waals surface area contributed by atoms with E-state index in [1.54, 1.807) is 18.2 Å². The quantitative estimate of drug-likeness (QED) is 0.607. The Labute approximate surface area is 183 Å². The van der Waals surface area contributed by atoms with Crippen molar-refractivity contribution in [3.8, 4) is 0 Å². The molecule has 160 valence electrons. The highest BCUT2D eigenvalue weighted by molar-refractivity contribution is 7.89. The van der Waals surface area contributed by atoms with Crippen molar-refractivity contribution in [2.45, 2.75) is 30.2 Å². The maximum absolute atomic E-state index is 13.1. The minimum absolute atomic E-state index is 0.168. The average molecular weight is 435 g/mol. The van der Waals surface area contributed by atoms with E-state index in [2.05, 4.69) is 5.32 Å². The van der Waals surface area contributed by atoms with E-state index in [1.165, 1.54) is 10.4 Å². The molecule has 0 saturated carbocycles. The number of hydrogen-bond donors (Lipinski definition) is 1. The lowest BCUT2D eigenvalue weighted by atomic mass is 9.98. The van der Waals surface area contributed by atoms with E-state index in [4.69, 9.17) is 0 Å². The highest BCUT2D eigenvalue weighted by Crippen LogP contribution is 2.23. The molecule has 1 saturated heterocycles. The van der Waals surface area contributed by atoms with Crippen LogP contribution in [-0.2, 0) is 16.4 Å². The summed E-state index contributed by atoms with van der Waals surface area (Å²) in [4.78, 5) is 13.3. The fraction of sp³-hybridized carbons (Fsp3) is 0.240. The third kappa shape index (κ3) is 5.03. The molecule has 6 heteroatoms. The summed E-state index contributed by atoms with van der Waals surface area (Å²) in [7, 11) is -3.57.